The van der Waals surface area contributed by atoms with E-state index in [0.29, 0.717) is 11.5 Å². The van der Waals surface area contributed by atoms with E-state index in [4.69, 9.17) is 10.5 Å². The van der Waals surface area contributed by atoms with Crippen LogP contribution < -0.4 is 5.73 Å². The number of aromatic nitrogens is 1. The van der Waals surface area contributed by atoms with Crippen LogP contribution in [-0.2, 0) is 16.7 Å². The number of hydrogen-bond donors (Lipinski definition) is 1. The number of ether oxygens (including phenoxy) is 1. The van der Waals surface area contributed by atoms with Crippen LogP contribution >= 0.6 is 11.3 Å². The van der Waals surface area contributed by atoms with E-state index in [0.717, 1.165) is 42.8 Å². The summed E-state index contributed by atoms with van der Waals surface area (Å²) in [4.78, 5) is 17.2. The molecule has 0 saturated heterocycles. The lowest BCUT2D eigenvalue weighted by molar-refractivity contribution is 0.0530. The number of aryl methyl sites for hydroxylation is 1. The summed E-state index contributed by atoms with van der Waals surface area (Å²) in [6.07, 6.45) is 6.20. The first-order valence-electron chi connectivity index (χ1n) is 7.07. The normalized spacial score (nSPS) is 18.3. The number of carbonyl (C=O) groups excluding carboxylic acids is 1. The van der Waals surface area contributed by atoms with Gasteiger partial charge in [-0.15, -0.1) is 11.3 Å². The third kappa shape index (κ3) is 2.98. The van der Waals surface area contributed by atoms with Gasteiger partial charge in [-0.05, 0) is 26.2 Å². The summed E-state index contributed by atoms with van der Waals surface area (Å²) in [5.74, 6) is -0.262. The number of nitrogens with zero attached hydrogens (tertiary/aromatic N) is 1. The van der Waals surface area contributed by atoms with E-state index >= 15 is 0 Å². The lowest BCUT2D eigenvalue weighted by Gasteiger charge is -2.31. The summed E-state index contributed by atoms with van der Waals surface area (Å²) in [6, 6.07) is 0. The van der Waals surface area contributed by atoms with Crippen molar-refractivity contribution in [2.24, 2.45) is 5.73 Å². The van der Waals surface area contributed by atoms with Gasteiger partial charge in [0.1, 0.15) is 9.88 Å². The largest absolute Gasteiger partial charge is 0.462 e. The molecule has 2 rings (SSSR count). The van der Waals surface area contributed by atoms with Crippen molar-refractivity contribution in [1.29, 1.82) is 0 Å². The Morgan fingerprint density at radius 3 is 2.63 bits per heavy atom. The maximum Gasteiger partial charge on any atom is 0.350 e. The molecule has 0 amide bonds. The summed E-state index contributed by atoms with van der Waals surface area (Å²) in [5, 5.41) is 0.909. The summed E-state index contributed by atoms with van der Waals surface area (Å²) in [5.41, 5.74) is 6.98. The Hall–Kier alpha value is -0.940. The first kappa shape index (κ1) is 14.5. The second-order valence-corrected chi connectivity index (χ2v) is 6.08. The third-order valence-corrected chi connectivity index (χ3v) is 4.96. The van der Waals surface area contributed by atoms with Crippen LogP contribution in [0.25, 0.3) is 0 Å². The van der Waals surface area contributed by atoms with Gasteiger partial charge in [0.15, 0.2) is 0 Å². The van der Waals surface area contributed by atoms with Gasteiger partial charge in [0, 0.05) is 0 Å². The Morgan fingerprint density at radius 1 is 1.37 bits per heavy atom. The summed E-state index contributed by atoms with van der Waals surface area (Å²) < 4.78 is 5.09. The van der Waals surface area contributed by atoms with Crippen LogP contribution in [0, 0.1) is 0 Å². The van der Waals surface area contributed by atoms with E-state index in [-0.39, 0.29) is 11.5 Å². The lowest BCUT2D eigenvalue weighted by Crippen LogP contribution is -2.38. The van der Waals surface area contributed by atoms with Gasteiger partial charge < -0.3 is 10.5 Å². The second kappa shape index (κ2) is 6.01. The Bertz CT molecular complexity index is 450. The SMILES string of the molecule is CCOC(=O)c1sc(C2(N)CCCCC2)nc1CC. The lowest BCUT2D eigenvalue weighted by atomic mass is 9.83. The molecular formula is C14H22N2O2S. The standard InChI is InChI=1S/C14H22N2O2S/c1-3-10-11(12(17)18-4-2)19-13(16-10)14(15)8-6-5-7-9-14/h3-9,15H2,1-2H3. The molecule has 0 aliphatic heterocycles. The maximum atomic E-state index is 11.9. The molecule has 19 heavy (non-hydrogen) atoms. The zero-order valence-electron chi connectivity index (χ0n) is 11.7. The number of esters is 1. The first-order chi connectivity index (χ1) is 9.10. The average Bonchev–Trinajstić information content (AvgIpc) is 2.85. The van der Waals surface area contributed by atoms with Crippen molar-refractivity contribution in [3.8, 4) is 0 Å². The third-order valence-electron chi connectivity index (χ3n) is 3.66. The highest BCUT2D eigenvalue weighted by molar-refractivity contribution is 7.13. The number of hydrogen-bond acceptors (Lipinski definition) is 5. The fourth-order valence-electron chi connectivity index (χ4n) is 2.56. The molecule has 0 unspecified atom stereocenters. The van der Waals surface area contributed by atoms with Crippen LogP contribution in [0.1, 0.15) is 66.3 Å². The molecule has 0 aromatic carbocycles. The van der Waals surface area contributed by atoms with Crippen molar-refractivity contribution >= 4 is 17.3 Å². The number of thiazole rings is 1. The van der Waals surface area contributed by atoms with E-state index in [1.165, 1.54) is 17.8 Å². The van der Waals surface area contributed by atoms with Gasteiger partial charge in [0.05, 0.1) is 17.8 Å². The zero-order valence-corrected chi connectivity index (χ0v) is 12.5. The molecule has 0 radical (unpaired) electrons. The first-order valence-corrected chi connectivity index (χ1v) is 7.88. The van der Waals surface area contributed by atoms with E-state index in [1.807, 2.05) is 13.8 Å². The van der Waals surface area contributed by atoms with E-state index < -0.39 is 0 Å². The smallest absolute Gasteiger partial charge is 0.350 e. The van der Waals surface area contributed by atoms with E-state index in [1.54, 1.807) is 0 Å². The number of carbonyl (C=O) groups is 1. The minimum atomic E-state index is -0.336. The van der Waals surface area contributed by atoms with Crippen molar-refractivity contribution < 1.29 is 9.53 Å². The fourth-order valence-corrected chi connectivity index (χ4v) is 3.76. The van der Waals surface area contributed by atoms with Crippen molar-refractivity contribution in [3.63, 3.8) is 0 Å². The van der Waals surface area contributed by atoms with Crippen LogP contribution in [0.2, 0.25) is 0 Å². The maximum absolute atomic E-state index is 11.9. The topological polar surface area (TPSA) is 65.2 Å². The fraction of sp³-hybridized carbons (Fsp3) is 0.714. The molecule has 0 atom stereocenters. The van der Waals surface area contributed by atoms with Crippen molar-refractivity contribution in [3.05, 3.63) is 15.6 Å². The molecular weight excluding hydrogens is 260 g/mol. The van der Waals surface area contributed by atoms with Crippen LogP contribution in [-0.4, -0.2) is 17.6 Å². The molecule has 1 aliphatic rings. The average molecular weight is 282 g/mol. The predicted octanol–water partition coefficient (Wildman–Crippen LogP) is 3.00. The zero-order chi connectivity index (χ0) is 13.9. The van der Waals surface area contributed by atoms with Crippen molar-refractivity contribution in [1.82, 2.24) is 4.98 Å². The predicted molar refractivity (Wildman–Crippen MR) is 76.4 cm³/mol. The highest BCUT2D eigenvalue weighted by atomic mass is 32.1. The quantitative estimate of drug-likeness (QED) is 0.862. The molecule has 1 saturated carbocycles. The molecule has 1 heterocycles. The molecule has 5 heteroatoms. The summed E-state index contributed by atoms with van der Waals surface area (Å²) >= 11 is 1.43. The van der Waals surface area contributed by atoms with Crippen molar-refractivity contribution in [2.45, 2.75) is 57.9 Å². The van der Waals surface area contributed by atoms with Crippen molar-refractivity contribution in [2.75, 3.05) is 6.61 Å². The van der Waals surface area contributed by atoms with Gasteiger partial charge in [0.2, 0.25) is 0 Å². The van der Waals surface area contributed by atoms with E-state index in [9.17, 15) is 4.79 Å². The van der Waals surface area contributed by atoms with Crippen LogP contribution in [0.3, 0.4) is 0 Å². The van der Waals surface area contributed by atoms with Gasteiger partial charge in [-0.1, -0.05) is 26.2 Å². The molecule has 106 valence electrons. The van der Waals surface area contributed by atoms with Gasteiger partial charge in [0.25, 0.3) is 0 Å². The number of rotatable bonds is 4. The van der Waals surface area contributed by atoms with Gasteiger partial charge in [-0.2, -0.15) is 0 Å². The summed E-state index contributed by atoms with van der Waals surface area (Å²) in [7, 11) is 0. The van der Waals surface area contributed by atoms with E-state index in [2.05, 4.69) is 4.98 Å². The number of nitrogens with two attached hydrogens (primary N) is 1. The Kier molecular flexibility index (Phi) is 4.58. The molecule has 1 aromatic rings. The second-order valence-electron chi connectivity index (χ2n) is 5.09. The molecule has 1 aromatic heterocycles. The molecule has 4 nitrogen and oxygen atoms in total. The highest BCUT2D eigenvalue weighted by Crippen LogP contribution is 2.38. The van der Waals surface area contributed by atoms with Gasteiger partial charge in [-0.25, -0.2) is 9.78 Å². The Labute approximate surface area is 118 Å². The summed E-state index contributed by atoms with van der Waals surface area (Å²) in [6.45, 7) is 4.21. The monoisotopic (exact) mass is 282 g/mol. The Balaban J connectivity index is 2.29. The molecule has 0 spiro atoms. The van der Waals surface area contributed by atoms with Crippen LogP contribution in [0.15, 0.2) is 0 Å². The molecule has 2 N–H and O–H groups in total. The minimum absolute atomic E-state index is 0.262. The van der Waals surface area contributed by atoms with Crippen LogP contribution in [0.5, 0.6) is 0 Å². The molecule has 1 aliphatic carbocycles. The van der Waals surface area contributed by atoms with Gasteiger partial charge in [-0.3, -0.25) is 0 Å². The van der Waals surface area contributed by atoms with Crippen LogP contribution in [0.4, 0.5) is 0 Å². The minimum Gasteiger partial charge on any atom is -0.462 e. The molecule has 1 fully saturated rings. The highest BCUT2D eigenvalue weighted by Gasteiger charge is 2.34. The Morgan fingerprint density at radius 2 is 2.05 bits per heavy atom. The van der Waals surface area contributed by atoms with Gasteiger partial charge >= 0.3 is 5.97 Å². The molecule has 0 bridgehead atoms.